The SMILES string of the molecule is CC(NC(=O)c1cc(Cl)ncc1N)C(=O)N1CCOCC1. The molecule has 0 spiro atoms. The molecule has 1 aliphatic heterocycles. The number of amides is 2. The minimum Gasteiger partial charge on any atom is -0.397 e. The van der Waals surface area contributed by atoms with Crippen molar-refractivity contribution in [3.63, 3.8) is 0 Å². The summed E-state index contributed by atoms with van der Waals surface area (Å²) in [5.41, 5.74) is 6.11. The molecule has 21 heavy (non-hydrogen) atoms. The normalized spacial score (nSPS) is 16.4. The van der Waals surface area contributed by atoms with Gasteiger partial charge in [-0.15, -0.1) is 0 Å². The molecular formula is C13H17ClN4O3. The van der Waals surface area contributed by atoms with E-state index < -0.39 is 11.9 Å². The highest BCUT2D eigenvalue weighted by Gasteiger charge is 2.24. The zero-order valence-corrected chi connectivity index (χ0v) is 12.4. The summed E-state index contributed by atoms with van der Waals surface area (Å²) in [5.74, 6) is -0.601. The molecule has 7 nitrogen and oxygen atoms in total. The molecular weight excluding hydrogens is 296 g/mol. The van der Waals surface area contributed by atoms with Crippen LogP contribution in [0.25, 0.3) is 0 Å². The number of halogens is 1. The predicted molar refractivity (Wildman–Crippen MR) is 78.0 cm³/mol. The number of nitrogens with two attached hydrogens (primary N) is 1. The Labute approximate surface area is 127 Å². The van der Waals surface area contributed by atoms with E-state index in [4.69, 9.17) is 22.1 Å². The molecule has 2 amide bonds. The summed E-state index contributed by atoms with van der Waals surface area (Å²) in [5, 5.41) is 2.79. The quantitative estimate of drug-likeness (QED) is 0.782. The van der Waals surface area contributed by atoms with Crippen LogP contribution in [-0.4, -0.2) is 54.0 Å². The molecule has 1 aromatic heterocycles. The van der Waals surface area contributed by atoms with Crippen molar-refractivity contribution in [1.82, 2.24) is 15.2 Å². The van der Waals surface area contributed by atoms with Crippen LogP contribution in [0.4, 0.5) is 5.69 Å². The molecule has 0 aliphatic carbocycles. The van der Waals surface area contributed by atoms with Crippen LogP contribution < -0.4 is 11.1 Å². The highest BCUT2D eigenvalue weighted by molar-refractivity contribution is 6.29. The highest BCUT2D eigenvalue weighted by Crippen LogP contribution is 2.15. The Balaban J connectivity index is 2.01. The number of pyridine rings is 1. The van der Waals surface area contributed by atoms with Crippen molar-refractivity contribution in [2.24, 2.45) is 0 Å². The Hall–Kier alpha value is -1.86. The monoisotopic (exact) mass is 312 g/mol. The average Bonchev–Trinajstić information content (AvgIpc) is 2.49. The molecule has 1 aliphatic rings. The predicted octanol–water partition coefficient (Wildman–Crippen LogP) is 0.294. The van der Waals surface area contributed by atoms with Gasteiger partial charge in [-0.05, 0) is 13.0 Å². The minimum atomic E-state index is -0.651. The topological polar surface area (TPSA) is 97.6 Å². The maximum atomic E-state index is 12.2. The molecule has 1 atom stereocenters. The molecule has 0 bridgehead atoms. The first-order chi connectivity index (χ1) is 9.99. The fourth-order valence-corrected chi connectivity index (χ4v) is 2.19. The molecule has 0 aromatic carbocycles. The van der Waals surface area contributed by atoms with Crippen LogP contribution in [0.2, 0.25) is 5.15 Å². The smallest absolute Gasteiger partial charge is 0.254 e. The molecule has 1 aromatic rings. The van der Waals surface area contributed by atoms with Crippen molar-refractivity contribution in [3.05, 3.63) is 23.0 Å². The third-order valence-electron chi connectivity index (χ3n) is 3.19. The molecule has 1 unspecified atom stereocenters. The molecule has 2 rings (SSSR count). The van der Waals surface area contributed by atoms with Gasteiger partial charge in [0.1, 0.15) is 11.2 Å². The van der Waals surface area contributed by atoms with Gasteiger partial charge >= 0.3 is 0 Å². The van der Waals surface area contributed by atoms with Crippen LogP contribution >= 0.6 is 11.6 Å². The fourth-order valence-electron chi connectivity index (χ4n) is 2.03. The maximum absolute atomic E-state index is 12.2. The number of rotatable bonds is 3. The van der Waals surface area contributed by atoms with Crippen LogP contribution in [0, 0.1) is 0 Å². The molecule has 114 valence electrons. The fraction of sp³-hybridized carbons (Fsp3) is 0.462. The second-order valence-corrected chi connectivity index (χ2v) is 5.11. The Morgan fingerprint density at radius 2 is 2.14 bits per heavy atom. The third-order valence-corrected chi connectivity index (χ3v) is 3.39. The van der Waals surface area contributed by atoms with Gasteiger partial charge in [0.05, 0.1) is 30.7 Å². The number of carbonyl (C=O) groups excluding carboxylic acids is 2. The van der Waals surface area contributed by atoms with Gasteiger partial charge in [-0.25, -0.2) is 4.98 Å². The lowest BCUT2D eigenvalue weighted by molar-refractivity contribution is -0.136. The Morgan fingerprint density at radius 3 is 2.81 bits per heavy atom. The van der Waals surface area contributed by atoms with Crippen LogP contribution in [-0.2, 0) is 9.53 Å². The summed E-state index contributed by atoms with van der Waals surface area (Å²) >= 11 is 5.75. The van der Waals surface area contributed by atoms with E-state index in [2.05, 4.69) is 10.3 Å². The van der Waals surface area contributed by atoms with Gasteiger partial charge in [0.15, 0.2) is 0 Å². The first-order valence-corrected chi connectivity index (χ1v) is 6.95. The summed E-state index contributed by atoms with van der Waals surface area (Å²) in [7, 11) is 0. The van der Waals surface area contributed by atoms with E-state index in [-0.39, 0.29) is 22.3 Å². The number of ether oxygens (including phenoxy) is 1. The number of hydrogen-bond acceptors (Lipinski definition) is 5. The van der Waals surface area contributed by atoms with Gasteiger partial charge in [-0.1, -0.05) is 11.6 Å². The van der Waals surface area contributed by atoms with Crippen molar-refractivity contribution >= 4 is 29.1 Å². The number of morpholine rings is 1. The Bertz CT molecular complexity index is 546. The van der Waals surface area contributed by atoms with Crippen molar-refractivity contribution in [2.45, 2.75) is 13.0 Å². The summed E-state index contributed by atoms with van der Waals surface area (Å²) in [6, 6.07) is 0.722. The summed E-state index contributed by atoms with van der Waals surface area (Å²) in [6.45, 7) is 3.72. The van der Waals surface area contributed by atoms with Crippen LogP contribution in [0.3, 0.4) is 0 Å². The van der Waals surface area contributed by atoms with Gasteiger partial charge in [-0.3, -0.25) is 9.59 Å². The number of nitrogens with one attached hydrogen (secondary N) is 1. The molecule has 8 heteroatoms. The number of carbonyl (C=O) groups is 2. The van der Waals surface area contributed by atoms with E-state index in [1.54, 1.807) is 11.8 Å². The summed E-state index contributed by atoms with van der Waals surface area (Å²) < 4.78 is 5.19. The molecule has 2 heterocycles. The molecule has 3 N–H and O–H groups in total. The van der Waals surface area contributed by atoms with Crippen molar-refractivity contribution in [3.8, 4) is 0 Å². The van der Waals surface area contributed by atoms with E-state index in [9.17, 15) is 9.59 Å². The number of hydrogen-bond donors (Lipinski definition) is 2. The molecule has 1 fully saturated rings. The number of nitrogen functional groups attached to an aromatic ring is 1. The first-order valence-electron chi connectivity index (χ1n) is 6.57. The number of aromatic nitrogens is 1. The average molecular weight is 313 g/mol. The lowest BCUT2D eigenvalue weighted by Gasteiger charge is -2.29. The lowest BCUT2D eigenvalue weighted by Crippen LogP contribution is -2.50. The van der Waals surface area contributed by atoms with Crippen molar-refractivity contribution < 1.29 is 14.3 Å². The van der Waals surface area contributed by atoms with Gasteiger partial charge in [0.2, 0.25) is 5.91 Å². The number of nitrogens with zero attached hydrogens (tertiary/aromatic N) is 2. The van der Waals surface area contributed by atoms with Gasteiger partial charge in [0, 0.05) is 13.1 Å². The standard InChI is InChI=1S/C13H17ClN4O3/c1-8(13(20)18-2-4-21-5-3-18)17-12(19)9-6-11(14)16-7-10(9)15/h6-8H,2-5,15H2,1H3,(H,17,19). The second-order valence-electron chi connectivity index (χ2n) is 4.73. The van der Waals surface area contributed by atoms with E-state index in [1.165, 1.54) is 12.3 Å². The third kappa shape index (κ3) is 3.83. The van der Waals surface area contributed by atoms with E-state index in [0.29, 0.717) is 26.3 Å². The maximum Gasteiger partial charge on any atom is 0.254 e. The second kappa shape index (κ2) is 6.73. The molecule has 0 saturated carbocycles. The Morgan fingerprint density at radius 1 is 1.48 bits per heavy atom. The zero-order valence-electron chi connectivity index (χ0n) is 11.6. The van der Waals surface area contributed by atoms with E-state index >= 15 is 0 Å². The summed E-state index contributed by atoms with van der Waals surface area (Å²) in [6.07, 6.45) is 1.31. The highest BCUT2D eigenvalue weighted by atomic mass is 35.5. The van der Waals surface area contributed by atoms with Gasteiger partial charge in [0.25, 0.3) is 5.91 Å². The van der Waals surface area contributed by atoms with Crippen LogP contribution in [0.1, 0.15) is 17.3 Å². The van der Waals surface area contributed by atoms with Gasteiger partial charge in [-0.2, -0.15) is 0 Å². The molecule has 1 saturated heterocycles. The zero-order chi connectivity index (χ0) is 15.4. The number of anilines is 1. The lowest BCUT2D eigenvalue weighted by atomic mass is 10.2. The van der Waals surface area contributed by atoms with Crippen molar-refractivity contribution in [2.75, 3.05) is 32.0 Å². The molecule has 0 radical (unpaired) electrons. The Kier molecular flexibility index (Phi) is 4.98. The van der Waals surface area contributed by atoms with Crippen molar-refractivity contribution in [1.29, 1.82) is 0 Å². The van der Waals surface area contributed by atoms with Crippen LogP contribution in [0.5, 0.6) is 0 Å². The van der Waals surface area contributed by atoms with Crippen LogP contribution in [0.15, 0.2) is 12.3 Å². The largest absolute Gasteiger partial charge is 0.397 e. The van der Waals surface area contributed by atoms with E-state index in [0.717, 1.165) is 0 Å². The van der Waals surface area contributed by atoms with Gasteiger partial charge < -0.3 is 20.7 Å². The summed E-state index contributed by atoms with van der Waals surface area (Å²) in [4.78, 5) is 29.8. The minimum absolute atomic E-state index is 0.148. The van der Waals surface area contributed by atoms with E-state index in [1.807, 2.05) is 0 Å². The first kappa shape index (κ1) is 15.5.